The highest BCUT2D eigenvalue weighted by molar-refractivity contribution is 6.30. The highest BCUT2D eigenvalue weighted by Crippen LogP contribution is 2.23. The first kappa shape index (κ1) is 17.7. The standard InChI is InChI=1S/C17H15ClFNO4/c1-23-15-7-6-12(18)8-11(15)9-17(22)24-10-16(21)20-14-5-3-2-4-13(14)19/h2-8H,9-10H2,1H3,(H,20,21). The first-order valence-electron chi connectivity index (χ1n) is 7.02. The highest BCUT2D eigenvalue weighted by atomic mass is 35.5. The molecule has 2 rings (SSSR count). The molecule has 0 heterocycles. The molecular weight excluding hydrogens is 337 g/mol. The molecule has 2 aromatic carbocycles. The fourth-order valence-corrected chi connectivity index (χ4v) is 2.18. The van der Waals surface area contributed by atoms with Crippen LogP contribution >= 0.6 is 11.6 Å². The summed E-state index contributed by atoms with van der Waals surface area (Å²) in [6.07, 6.45) is -0.100. The number of hydrogen-bond acceptors (Lipinski definition) is 4. The molecule has 0 saturated heterocycles. The van der Waals surface area contributed by atoms with Crippen LogP contribution in [0.2, 0.25) is 5.02 Å². The Morgan fingerprint density at radius 1 is 1.21 bits per heavy atom. The van der Waals surface area contributed by atoms with E-state index < -0.39 is 24.3 Å². The Morgan fingerprint density at radius 2 is 1.96 bits per heavy atom. The molecular formula is C17H15ClFNO4. The van der Waals surface area contributed by atoms with Crippen molar-refractivity contribution in [2.24, 2.45) is 0 Å². The van der Waals surface area contributed by atoms with Gasteiger partial charge in [-0.05, 0) is 30.3 Å². The van der Waals surface area contributed by atoms with E-state index in [-0.39, 0.29) is 12.1 Å². The number of methoxy groups -OCH3 is 1. The number of halogens is 2. The van der Waals surface area contributed by atoms with Gasteiger partial charge in [-0.25, -0.2) is 4.39 Å². The number of nitrogens with one attached hydrogen (secondary N) is 1. The summed E-state index contributed by atoms with van der Waals surface area (Å²) in [5, 5.41) is 2.78. The van der Waals surface area contributed by atoms with Crippen molar-refractivity contribution in [3.63, 3.8) is 0 Å². The number of para-hydroxylation sites is 1. The maximum absolute atomic E-state index is 13.4. The van der Waals surface area contributed by atoms with Crippen LogP contribution in [0.25, 0.3) is 0 Å². The maximum atomic E-state index is 13.4. The monoisotopic (exact) mass is 351 g/mol. The molecule has 0 fully saturated rings. The zero-order valence-electron chi connectivity index (χ0n) is 12.8. The molecule has 0 aliphatic heterocycles. The molecule has 0 aliphatic carbocycles. The number of carbonyl (C=O) groups excluding carboxylic acids is 2. The van der Waals surface area contributed by atoms with Crippen molar-refractivity contribution in [2.45, 2.75) is 6.42 Å². The van der Waals surface area contributed by atoms with Crippen molar-refractivity contribution in [1.29, 1.82) is 0 Å². The number of rotatable bonds is 6. The summed E-state index contributed by atoms with van der Waals surface area (Å²) < 4.78 is 23.4. The number of esters is 1. The largest absolute Gasteiger partial charge is 0.496 e. The minimum absolute atomic E-state index is 0.0232. The van der Waals surface area contributed by atoms with Crippen LogP contribution in [-0.2, 0) is 20.7 Å². The second-order valence-corrected chi connectivity index (χ2v) is 5.26. The normalized spacial score (nSPS) is 10.1. The Labute approximate surface area is 143 Å². The summed E-state index contributed by atoms with van der Waals surface area (Å²) in [5.74, 6) is -1.33. The van der Waals surface area contributed by atoms with Crippen molar-refractivity contribution < 1.29 is 23.5 Å². The number of hydrogen-bond donors (Lipinski definition) is 1. The average molecular weight is 352 g/mol. The topological polar surface area (TPSA) is 64.6 Å². The Bertz CT molecular complexity index is 751. The van der Waals surface area contributed by atoms with Gasteiger partial charge in [0.1, 0.15) is 11.6 Å². The third kappa shape index (κ3) is 4.96. The molecule has 0 atom stereocenters. The molecule has 0 bridgehead atoms. The maximum Gasteiger partial charge on any atom is 0.310 e. The van der Waals surface area contributed by atoms with E-state index >= 15 is 0 Å². The Hall–Kier alpha value is -2.60. The van der Waals surface area contributed by atoms with Gasteiger partial charge in [0.05, 0.1) is 19.2 Å². The number of ether oxygens (including phenoxy) is 2. The zero-order chi connectivity index (χ0) is 17.5. The van der Waals surface area contributed by atoms with E-state index in [1.807, 2.05) is 0 Å². The van der Waals surface area contributed by atoms with Crippen LogP contribution in [0, 0.1) is 5.82 Å². The van der Waals surface area contributed by atoms with Gasteiger partial charge < -0.3 is 14.8 Å². The van der Waals surface area contributed by atoms with E-state index in [4.69, 9.17) is 21.1 Å². The predicted molar refractivity (Wildman–Crippen MR) is 87.7 cm³/mol. The van der Waals surface area contributed by atoms with E-state index in [9.17, 15) is 14.0 Å². The third-order valence-corrected chi connectivity index (χ3v) is 3.32. The summed E-state index contributed by atoms with van der Waals surface area (Å²) in [6, 6.07) is 10.6. The lowest BCUT2D eigenvalue weighted by Gasteiger charge is -2.10. The van der Waals surface area contributed by atoms with Gasteiger partial charge >= 0.3 is 5.97 Å². The Morgan fingerprint density at radius 3 is 2.67 bits per heavy atom. The highest BCUT2D eigenvalue weighted by Gasteiger charge is 2.13. The number of amides is 1. The smallest absolute Gasteiger partial charge is 0.310 e. The van der Waals surface area contributed by atoms with Gasteiger partial charge in [0.15, 0.2) is 6.61 Å². The van der Waals surface area contributed by atoms with E-state index in [0.717, 1.165) is 0 Å². The van der Waals surface area contributed by atoms with Crippen molar-refractivity contribution >= 4 is 29.2 Å². The lowest BCUT2D eigenvalue weighted by Crippen LogP contribution is -2.22. The van der Waals surface area contributed by atoms with Crippen LogP contribution in [0.1, 0.15) is 5.56 Å². The summed E-state index contributed by atoms with van der Waals surface area (Å²) in [5.41, 5.74) is 0.569. The van der Waals surface area contributed by atoms with Crippen molar-refractivity contribution in [2.75, 3.05) is 19.0 Å². The van der Waals surface area contributed by atoms with Crippen molar-refractivity contribution in [1.82, 2.24) is 0 Å². The van der Waals surface area contributed by atoms with Gasteiger partial charge in [0.25, 0.3) is 5.91 Å². The molecule has 1 N–H and O–H groups in total. The SMILES string of the molecule is COc1ccc(Cl)cc1CC(=O)OCC(=O)Nc1ccccc1F. The molecule has 5 nitrogen and oxygen atoms in total. The van der Waals surface area contributed by atoms with Crippen molar-refractivity contribution in [3.05, 3.63) is 58.9 Å². The van der Waals surface area contributed by atoms with E-state index in [0.29, 0.717) is 16.3 Å². The molecule has 0 saturated carbocycles. The predicted octanol–water partition coefficient (Wildman–Crippen LogP) is 3.21. The van der Waals surface area contributed by atoms with Crippen LogP contribution in [0.4, 0.5) is 10.1 Å². The molecule has 0 radical (unpaired) electrons. The molecule has 0 aliphatic rings. The number of carbonyl (C=O) groups is 2. The second kappa shape index (κ2) is 8.31. The Kier molecular flexibility index (Phi) is 6.14. The molecule has 0 unspecified atom stereocenters. The summed E-state index contributed by atoms with van der Waals surface area (Å²) >= 11 is 5.88. The van der Waals surface area contributed by atoms with Crippen LogP contribution in [0.3, 0.4) is 0 Å². The molecule has 2 aromatic rings. The minimum Gasteiger partial charge on any atom is -0.496 e. The molecule has 126 valence electrons. The van der Waals surface area contributed by atoms with E-state index in [2.05, 4.69) is 5.32 Å². The molecule has 24 heavy (non-hydrogen) atoms. The van der Waals surface area contributed by atoms with Crippen LogP contribution in [0.15, 0.2) is 42.5 Å². The van der Waals surface area contributed by atoms with Crippen LogP contribution in [-0.4, -0.2) is 25.6 Å². The zero-order valence-corrected chi connectivity index (χ0v) is 13.6. The quantitative estimate of drug-likeness (QED) is 0.812. The molecule has 1 amide bonds. The van der Waals surface area contributed by atoms with Gasteiger partial charge in [0, 0.05) is 10.6 Å². The van der Waals surface area contributed by atoms with Gasteiger partial charge in [-0.15, -0.1) is 0 Å². The van der Waals surface area contributed by atoms with Gasteiger partial charge in [-0.1, -0.05) is 23.7 Å². The lowest BCUT2D eigenvalue weighted by molar-refractivity contribution is -0.146. The number of benzene rings is 2. The third-order valence-electron chi connectivity index (χ3n) is 3.09. The van der Waals surface area contributed by atoms with Crippen LogP contribution < -0.4 is 10.1 Å². The van der Waals surface area contributed by atoms with Gasteiger partial charge in [0.2, 0.25) is 0 Å². The van der Waals surface area contributed by atoms with E-state index in [1.165, 1.54) is 25.3 Å². The fraction of sp³-hybridized carbons (Fsp3) is 0.176. The number of anilines is 1. The minimum atomic E-state index is -0.633. The summed E-state index contributed by atoms with van der Waals surface area (Å²) in [7, 11) is 1.47. The van der Waals surface area contributed by atoms with Crippen LogP contribution in [0.5, 0.6) is 5.75 Å². The lowest BCUT2D eigenvalue weighted by atomic mass is 10.1. The molecule has 0 spiro atoms. The van der Waals surface area contributed by atoms with Crippen molar-refractivity contribution in [3.8, 4) is 5.75 Å². The summed E-state index contributed by atoms with van der Waals surface area (Å²) in [6.45, 7) is -0.518. The van der Waals surface area contributed by atoms with Gasteiger partial charge in [-0.2, -0.15) is 0 Å². The first-order valence-corrected chi connectivity index (χ1v) is 7.40. The molecule has 7 heteroatoms. The van der Waals surface area contributed by atoms with E-state index in [1.54, 1.807) is 24.3 Å². The molecule has 0 aromatic heterocycles. The van der Waals surface area contributed by atoms with Gasteiger partial charge in [-0.3, -0.25) is 9.59 Å². The summed E-state index contributed by atoms with van der Waals surface area (Å²) in [4.78, 5) is 23.5. The fourth-order valence-electron chi connectivity index (χ4n) is 1.99. The average Bonchev–Trinajstić information content (AvgIpc) is 2.55. The second-order valence-electron chi connectivity index (χ2n) is 4.82. The first-order chi connectivity index (χ1) is 11.5. The Balaban J connectivity index is 1.88.